The van der Waals surface area contributed by atoms with Gasteiger partial charge in [-0.15, -0.1) is 0 Å². The lowest BCUT2D eigenvalue weighted by Crippen LogP contribution is -2.52. The average Bonchev–Trinajstić information content (AvgIpc) is 3.67. The molecule has 0 radical (unpaired) electrons. The number of benzene rings is 2. The van der Waals surface area contributed by atoms with E-state index in [1.807, 2.05) is 18.2 Å². The van der Waals surface area contributed by atoms with E-state index in [0.717, 1.165) is 87.2 Å². The van der Waals surface area contributed by atoms with Crippen LogP contribution in [0.5, 0.6) is 11.5 Å². The highest BCUT2D eigenvalue weighted by Gasteiger charge is 2.41. The van der Waals surface area contributed by atoms with Crippen LogP contribution in [0.15, 0.2) is 30.3 Å². The van der Waals surface area contributed by atoms with Crippen molar-refractivity contribution in [2.75, 3.05) is 32.0 Å². The van der Waals surface area contributed by atoms with Gasteiger partial charge in [-0.1, -0.05) is 19.3 Å². The van der Waals surface area contributed by atoms with Crippen LogP contribution in [0.4, 0.5) is 10.1 Å². The molecule has 9 nitrogen and oxygen atoms in total. The molecule has 3 amide bonds. The molecule has 3 fully saturated rings. The number of nitrogens with two attached hydrogens (primary N) is 1. The molecule has 3 N–H and O–H groups in total. The SMILES string of the molecule is Nc1ccc(OCCCCCCCN2CCC(c3cc(F)cc4c3CN(C3CCC(=O)NC3=O)C4=O)CC2)c(OC2CCCC2)c1. The highest BCUT2D eigenvalue weighted by Crippen LogP contribution is 2.38. The molecule has 4 aliphatic rings. The molecule has 2 aromatic rings. The summed E-state index contributed by atoms with van der Waals surface area (Å²) in [6, 6.07) is 7.85. The van der Waals surface area contributed by atoms with E-state index in [1.54, 1.807) is 6.07 Å². The minimum absolute atomic E-state index is 0.181. The zero-order chi connectivity index (χ0) is 32.0. The molecule has 3 aliphatic heterocycles. The minimum Gasteiger partial charge on any atom is -0.490 e. The maximum absolute atomic E-state index is 14.7. The van der Waals surface area contributed by atoms with Crippen molar-refractivity contribution in [3.63, 3.8) is 0 Å². The summed E-state index contributed by atoms with van der Waals surface area (Å²) in [5.41, 5.74) is 8.78. The van der Waals surface area contributed by atoms with Crippen molar-refractivity contribution in [2.45, 2.75) is 108 Å². The van der Waals surface area contributed by atoms with Crippen molar-refractivity contribution in [1.82, 2.24) is 15.1 Å². The van der Waals surface area contributed by atoms with Gasteiger partial charge in [-0.2, -0.15) is 0 Å². The summed E-state index contributed by atoms with van der Waals surface area (Å²) < 4.78 is 27.0. The Labute approximate surface area is 271 Å². The van der Waals surface area contributed by atoms with E-state index >= 15 is 0 Å². The van der Waals surface area contributed by atoms with Crippen molar-refractivity contribution < 1.29 is 28.2 Å². The van der Waals surface area contributed by atoms with Crippen LogP contribution in [-0.2, 0) is 16.1 Å². The monoisotopic (exact) mass is 634 g/mol. The number of nitrogens with zero attached hydrogens (tertiary/aromatic N) is 2. The smallest absolute Gasteiger partial charge is 0.255 e. The van der Waals surface area contributed by atoms with Crippen LogP contribution in [0.3, 0.4) is 0 Å². The predicted molar refractivity (Wildman–Crippen MR) is 173 cm³/mol. The number of likely N-dealkylation sites (tertiary alicyclic amines) is 1. The second kappa shape index (κ2) is 14.8. The number of amides is 3. The Hall–Kier alpha value is -3.66. The first kappa shape index (κ1) is 32.3. The number of imide groups is 1. The second-order valence-corrected chi connectivity index (χ2v) is 13.4. The molecule has 248 valence electrons. The molecule has 10 heteroatoms. The first-order valence-corrected chi connectivity index (χ1v) is 17.2. The highest BCUT2D eigenvalue weighted by molar-refractivity contribution is 6.05. The number of nitrogen functional groups attached to an aromatic ring is 1. The summed E-state index contributed by atoms with van der Waals surface area (Å²) in [5.74, 6) is 0.232. The average molecular weight is 635 g/mol. The number of carbonyl (C=O) groups excluding carboxylic acids is 3. The molecular weight excluding hydrogens is 587 g/mol. The molecule has 0 spiro atoms. The molecule has 2 saturated heterocycles. The van der Waals surface area contributed by atoms with Gasteiger partial charge in [0.2, 0.25) is 11.8 Å². The molecule has 3 heterocycles. The van der Waals surface area contributed by atoms with E-state index in [1.165, 1.54) is 36.6 Å². The van der Waals surface area contributed by atoms with Crippen molar-refractivity contribution in [2.24, 2.45) is 0 Å². The number of unbranched alkanes of at least 4 members (excludes halogenated alkanes) is 4. The van der Waals surface area contributed by atoms with Crippen molar-refractivity contribution in [3.05, 3.63) is 52.8 Å². The molecule has 1 saturated carbocycles. The third kappa shape index (κ3) is 7.65. The molecule has 1 aliphatic carbocycles. The normalized spacial score (nSPS) is 21.1. The highest BCUT2D eigenvalue weighted by atomic mass is 19.1. The topological polar surface area (TPSA) is 114 Å². The minimum atomic E-state index is -0.694. The summed E-state index contributed by atoms with van der Waals surface area (Å²) in [4.78, 5) is 41.3. The molecule has 2 aromatic carbocycles. The molecule has 6 rings (SSSR count). The molecule has 0 aromatic heterocycles. The van der Waals surface area contributed by atoms with E-state index in [0.29, 0.717) is 24.3 Å². The van der Waals surface area contributed by atoms with Gasteiger partial charge in [0.05, 0.1) is 12.7 Å². The van der Waals surface area contributed by atoms with E-state index in [9.17, 15) is 18.8 Å². The van der Waals surface area contributed by atoms with Crippen molar-refractivity contribution in [1.29, 1.82) is 0 Å². The Morgan fingerprint density at radius 3 is 2.43 bits per heavy atom. The summed E-state index contributed by atoms with van der Waals surface area (Å²) in [5, 5.41) is 2.34. The quantitative estimate of drug-likeness (QED) is 0.165. The fourth-order valence-electron chi connectivity index (χ4n) is 7.56. The number of nitrogens with one attached hydrogen (secondary N) is 1. The predicted octanol–water partition coefficient (Wildman–Crippen LogP) is 5.70. The Kier molecular flexibility index (Phi) is 10.4. The fraction of sp³-hybridized carbons (Fsp3) is 0.583. The van der Waals surface area contributed by atoms with Gasteiger partial charge in [0.15, 0.2) is 11.5 Å². The van der Waals surface area contributed by atoms with Gasteiger partial charge < -0.3 is 25.0 Å². The van der Waals surface area contributed by atoms with Gasteiger partial charge in [0.25, 0.3) is 5.91 Å². The largest absolute Gasteiger partial charge is 0.490 e. The van der Waals surface area contributed by atoms with E-state index in [-0.39, 0.29) is 36.8 Å². The summed E-state index contributed by atoms with van der Waals surface area (Å²) in [6.07, 6.45) is 12.8. The number of piperidine rings is 2. The van der Waals surface area contributed by atoms with Crippen LogP contribution < -0.4 is 20.5 Å². The van der Waals surface area contributed by atoms with Crippen molar-refractivity contribution in [3.8, 4) is 11.5 Å². The first-order chi connectivity index (χ1) is 22.4. The van der Waals surface area contributed by atoms with Crippen LogP contribution in [0.1, 0.15) is 111 Å². The number of carbonyl (C=O) groups is 3. The lowest BCUT2D eigenvalue weighted by Gasteiger charge is -2.33. The Bertz CT molecular complexity index is 1420. The van der Waals surface area contributed by atoms with Crippen LogP contribution in [-0.4, -0.2) is 65.9 Å². The van der Waals surface area contributed by atoms with Gasteiger partial charge in [-0.05, 0) is 119 Å². The lowest BCUT2D eigenvalue weighted by molar-refractivity contribution is -0.136. The van der Waals surface area contributed by atoms with Crippen molar-refractivity contribution >= 4 is 23.4 Å². The summed E-state index contributed by atoms with van der Waals surface area (Å²) in [6.45, 7) is 3.90. The van der Waals surface area contributed by atoms with E-state index in [4.69, 9.17) is 15.2 Å². The number of hydrogen-bond acceptors (Lipinski definition) is 7. The molecule has 1 unspecified atom stereocenters. The number of fused-ring (bicyclic) bond motifs is 1. The summed E-state index contributed by atoms with van der Waals surface area (Å²) >= 11 is 0. The van der Waals surface area contributed by atoms with Crippen LogP contribution in [0, 0.1) is 5.82 Å². The lowest BCUT2D eigenvalue weighted by atomic mass is 9.85. The van der Waals surface area contributed by atoms with Gasteiger partial charge in [0.1, 0.15) is 11.9 Å². The Morgan fingerprint density at radius 2 is 1.65 bits per heavy atom. The van der Waals surface area contributed by atoms with Gasteiger partial charge in [-0.25, -0.2) is 4.39 Å². The van der Waals surface area contributed by atoms with Crippen LogP contribution in [0.25, 0.3) is 0 Å². The third-order valence-corrected chi connectivity index (χ3v) is 10.1. The molecular formula is C36H47FN4O5. The number of ether oxygens (including phenoxy) is 2. The van der Waals surface area contributed by atoms with Gasteiger partial charge >= 0.3 is 0 Å². The van der Waals surface area contributed by atoms with Gasteiger partial charge in [-0.3, -0.25) is 19.7 Å². The second-order valence-electron chi connectivity index (χ2n) is 13.4. The molecule has 1 atom stereocenters. The van der Waals surface area contributed by atoms with E-state index < -0.39 is 17.8 Å². The zero-order valence-corrected chi connectivity index (χ0v) is 26.7. The number of anilines is 1. The number of hydrogen-bond donors (Lipinski definition) is 2. The Balaban J connectivity index is 0.899. The van der Waals surface area contributed by atoms with Crippen LogP contribution in [0.2, 0.25) is 0 Å². The standard InChI is InChI=1S/C36H47FN4O5/c37-25-20-28(30-23-41(36(44)29(30)21-25)31-11-13-34(42)39-35(31)43)24-14-17-40(18-15-24)16-6-2-1-3-7-19-45-32-12-10-26(38)22-33(32)46-27-8-4-5-9-27/h10,12,20-22,24,27,31H,1-9,11,13-19,23,38H2,(H,39,42,43). The Morgan fingerprint density at radius 1 is 0.891 bits per heavy atom. The number of rotatable bonds is 13. The zero-order valence-electron chi connectivity index (χ0n) is 26.7. The summed E-state index contributed by atoms with van der Waals surface area (Å²) in [7, 11) is 0. The maximum Gasteiger partial charge on any atom is 0.255 e. The fourth-order valence-corrected chi connectivity index (χ4v) is 7.56. The third-order valence-electron chi connectivity index (χ3n) is 10.1. The van der Waals surface area contributed by atoms with Gasteiger partial charge in [0, 0.05) is 30.3 Å². The van der Waals surface area contributed by atoms with E-state index in [2.05, 4.69) is 10.2 Å². The molecule has 0 bridgehead atoms. The first-order valence-electron chi connectivity index (χ1n) is 17.2. The molecule has 46 heavy (non-hydrogen) atoms. The van der Waals surface area contributed by atoms with Crippen LogP contribution >= 0.6 is 0 Å². The maximum atomic E-state index is 14.7. The number of halogens is 1.